The van der Waals surface area contributed by atoms with Crippen LogP contribution in [0.4, 0.5) is 16.4 Å². The van der Waals surface area contributed by atoms with E-state index in [-0.39, 0.29) is 11.8 Å². The molecule has 0 fully saturated rings. The number of aryl methyl sites for hydroxylation is 1. The Balaban J connectivity index is 1.72. The second-order valence-electron chi connectivity index (χ2n) is 6.88. The molecular formula is C23H24N4O2S. The van der Waals surface area contributed by atoms with Gasteiger partial charge in [0, 0.05) is 16.6 Å². The number of nitrogen functional groups attached to an aromatic ring is 2. The van der Waals surface area contributed by atoms with E-state index in [9.17, 15) is 9.59 Å². The maximum absolute atomic E-state index is 13.0. The Morgan fingerprint density at radius 1 is 1.10 bits per heavy atom. The Morgan fingerprint density at radius 3 is 2.33 bits per heavy atom. The van der Waals surface area contributed by atoms with Crippen molar-refractivity contribution in [2.24, 2.45) is 0 Å². The van der Waals surface area contributed by atoms with Gasteiger partial charge >= 0.3 is 0 Å². The molecule has 30 heavy (non-hydrogen) atoms. The average Bonchev–Trinajstić information content (AvgIpc) is 2.99. The van der Waals surface area contributed by atoms with Gasteiger partial charge < -0.3 is 21.7 Å². The Hall–Kier alpha value is -3.58. The molecule has 0 atom stereocenters. The normalized spacial score (nSPS) is 10.5. The van der Waals surface area contributed by atoms with Gasteiger partial charge in [0.25, 0.3) is 11.8 Å². The lowest BCUT2D eigenvalue weighted by atomic mass is 10.1. The molecule has 0 aliphatic heterocycles. The molecule has 2 amide bonds. The number of carbonyl (C=O) groups is 2. The molecule has 154 valence electrons. The van der Waals surface area contributed by atoms with E-state index in [1.54, 1.807) is 36.4 Å². The number of thiophene rings is 1. The number of nitrogens with zero attached hydrogens (tertiary/aromatic N) is 1. The van der Waals surface area contributed by atoms with Gasteiger partial charge in [-0.05, 0) is 49.2 Å². The number of hydrogen-bond donors (Lipinski definition) is 3. The lowest BCUT2D eigenvalue weighted by Crippen LogP contribution is -2.26. The lowest BCUT2D eigenvalue weighted by molar-refractivity contribution is 0.0814. The van der Waals surface area contributed by atoms with E-state index in [4.69, 9.17) is 11.5 Å². The van der Waals surface area contributed by atoms with Crippen molar-refractivity contribution in [3.8, 4) is 0 Å². The van der Waals surface area contributed by atoms with Gasteiger partial charge in [0.15, 0.2) is 0 Å². The fraction of sp³-hybridized carbons (Fsp3) is 0.130. The molecule has 2 aromatic carbocycles. The van der Waals surface area contributed by atoms with Gasteiger partial charge in [0.2, 0.25) is 0 Å². The predicted molar refractivity (Wildman–Crippen MR) is 124 cm³/mol. The number of rotatable bonds is 6. The van der Waals surface area contributed by atoms with E-state index < -0.39 is 0 Å². The molecule has 5 N–H and O–H groups in total. The van der Waals surface area contributed by atoms with Gasteiger partial charge in [-0.25, -0.2) is 0 Å². The van der Waals surface area contributed by atoms with E-state index in [1.165, 1.54) is 22.4 Å². The molecule has 3 rings (SSSR count). The first kappa shape index (κ1) is 21.1. The number of hydrogen-bond acceptors (Lipinski definition) is 5. The average molecular weight is 421 g/mol. The van der Waals surface area contributed by atoms with Crippen molar-refractivity contribution in [1.82, 2.24) is 4.90 Å². The molecule has 3 aromatic rings. The van der Waals surface area contributed by atoms with E-state index in [1.807, 2.05) is 26.0 Å². The van der Waals surface area contributed by atoms with Crippen molar-refractivity contribution >= 4 is 39.5 Å². The van der Waals surface area contributed by atoms with Crippen molar-refractivity contribution < 1.29 is 9.59 Å². The summed E-state index contributed by atoms with van der Waals surface area (Å²) in [7, 11) is 0. The highest BCUT2D eigenvalue weighted by Gasteiger charge is 2.22. The Kier molecular flexibility index (Phi) is 6.23. The zero-order chi connectivity index (χ0) is 21.8. The highest BCUT2D eigenvalue weighted by molar-refractivity contribution is 7.16. The number of amides is 2. The van der Waals surface area contributed by atoms with Crippen molar-refractivity contribution in [3.05, 3.63) is 88.4 Å². The van der Waals surface area contributed by atoms with Crippen LogP contribution < -0.4 is 16.8 Å². The maximum Gasteiger partial charge on any atom is 0.261 e. The number of nitrogens with two attached hydrogens (primary N) is 2. The molecule has 0 unspecified atom stereocenters. The first-order valence-corrected chi connectivity index (χ1v) is 10.2. The van der Waals surface area contributed by atoms with E-state index in [2.05, 4.69) is 11.9 Å². The molecule has 7 heteroatoms. The number of benzene rings is 2. The summed E-state index contributed by atoms with van der Waals surface area (Å²) in [5.74, 6) is -0.445. The Labute approximate surface area is 179 Å². The van der Waals surface area contributed by atoms with Crippen LogP contribution in [0.25, 0.3) is 0 Å². The molecule has 6 nitrogen and oxygen atoms in total. The van der Waals surface area contributed by atoms with Crippen molar-refractivity contribution in [1.29, 1.82) is 0 Å². The van der Waals surface area contributed by atoms with Crippen LogP contribution in [0.15, 0.2) is 61.3 Å². The molecule has 0 radical (unpaired) electrons. The van der Waals surface area contributed by atoms with Crippen LogP contribution in [-0.4, -0.2) is 16.7 Å². The first-order valence-electron chi connectivity index (χ1n) is 9.35. The van der Waals surface area contributed by atoms with Gasteiger partial charge in [-0.15, -0.1) is 11.3 Å². The Morgan fingerprint density at radius 2 is 1.77 bits per heavy atom. The Bertz CT molecular complexity index is 1100. The topological polar surface area (TPSA) is 101 Å². The summed E-state index contributed by atoms with van der Waals surface area (Å²) < 4.78 is 0. The minimum atomic E-state index is -0.256. The van der Waals surface area contributed by atoms with E-state index in [0.717, 1.165) is 16.0 Å². The lowest BCUT2D eigenvalue weighted by Gasteiger charge is -2.19. The minimum absolute atomic E-state index is 0.189. The third-order valence-corrected chi connectivity index (χ3v) is 5.92. The number of nitrogens with one attached hydrogen (secondary N) is 1. The van der Waals surface area contributed by atoms with Crippen LogP contribution in [-0.2, 0) is 6.54 Å². The summed E-state index contributed by atoms with van der Waals surface area (Å²) in [6.45, 7) is 7.92. The SMILES string of the molecule is C=CN(Cc1ccc(C(=O)Nc2ccccc2N)cc1)C(=O)c1c(N)sc(C)c1C. The second kappa shape index (κ2) is 8.84. The van der Waals surface area contributed by atoms with Gasteiger partial charge in [0.05, 0.1) is 28.5 Å². The van der Waals surface area contributed by atoms with Gasteiger partial charge in [-0.2, -0.15) is 0 Å². The van der Waals surface area contributed by atoms with Crippen molar-refractivity contribution in [2.45, 2.75) is 20.4 Å². The van der Waals surface area contributed by atoms with Crippen LogP contribution in [0, 0.1) is 13.8 Å². The number of anilines is 3. The molecule has 0 bridgehead atoms. The molecule has 0 saturated carbocycles. The summed E-state index contributed by atoms with van der Waals surface area (Å²) in [5, 5.41) is 3.30. The summed E-state index contributed by atoms with van der Waals surface area (Å²) in [6, 6.07) is 14.1. The molecule has 0 aliphatic rings. The first-order chi connectivity index (χ1) is 14.3. The summed E-state index contributed by atoms with van der Waals surface area (Å²) in [6.07, 6.45) is 1.49. The quantitative estimate of drug-likeness (QED) is 0.509. The summed E-state index contributed by atoms with van der Waals surface area (Å²) in [4.78, 5) is 28.0. The van der Waals surface area contributed by atoms with Crippen LogP contribution >= 0.6 is 11.3 Å². The molecule has 0 spiro atoms. The molecule has 1 heterocycles. The van der Waals surface area contributed by atoms with Gasteiger partial charge in [-0.1, -0.05) is 30.8 Å². The fourth-order valence-corrected chi connectivity index (χ4v) is 3.97. The van der Waals surface area contributed by atoms with Gasteiger partial charge in [0.1, 0.15) is 0 Å². The standard InChI is InChI=1S/C23H24N4O2S/c1-4-27(23(29)20-14(2)15(3)30-21(20)25)13-16-9-11-17(12-10-16)22(28)26-19-8-6-5-7-18(19)24/h4-12H,1,13,24-25H2,2-3H3,(H,26,28). The smallest absolute Gasteiger partial charge is 0.261 e. The molecule has 0 saturated heterocycles. The van der Waals surface area contributed by atoms with Crippen molar-refractivity contribution in [2.75, 3.05) is 16.8 Å². The zero-order valence-electron chi connectivity index (χ0n) is 16.9. The third kappa shape index (κ3) is 4.36. The largest absolute Gasteiger partial charge is 0.397 e. The minimum Gasteiger partial charge on any atom is -0.397 e. The van der Waals surface area contributed by atoms with Crippen LogP contribution in [0.2, 0.25) is 0 Å². The zero-order valence-corrected chi connectivity index (χ0v) is 17.8. The highest BCUT2D eigenvalue weighted by atomic mass is 32.1. The number of para-hydroxylation sites is 2. The summed E-state index contributed by atoms with van der Waals surface area (Å²) >= 11 is 1.41. The van der Waals surface area contributed by atoms with Crippen LogP contribution in [0.3, 0.4) is 0 Å². The highest BCUT2D eigenvalue weighted by Crippen LogP contribution is 2.31. The monoisotopic (exact) mass is 420 g/mol. The maximum atomic E-state index is 13.0. The fourth-order valence-electron chi connectivity index (χ4n) is 3.05. The van der Waals surface area contributed by atoms with E-state index >= 15 is 0 Å². The molecule has 0 aliphatic carbocycles. The molecule has 1 aromatic heterocycles. The predicted octanol–water partition coefficient (Wildman–Crippen LogP) is 4.57. The second-order valence-corrected chi connectivity index (χ2v) is 8.13. The van der Waals surface area contributed by atoms with Crippen molar-refractivity contribution in [3.63, 3.8) is 0 Å². The van der Waals surface area contributed by atoms with Crippen LogP contribution in [0.1, 0.15) is 36.7 Å². The third-order valence-electron chi connectivity index (χ3n) is 4.89. The number of carbonyl (C=O) groups excluding carboxylic acids is 2. The van der Waals surface area contributed by atoms with E-state index in [0.29, 0.717) is 34.0 Å². The molecular weight excluding hydrogens is 396 g/mol. The summed E-state index contributed by atoms with van der Waals surface area (Å²) in [5.41, 5.74) is 15.7. The van der Waals surface area contributed by atoms with Gasteiger partial charge in [-0.3, -0.25) is 9.59 Å². The van der Waals surface area contributed by atoms with Crippen LogP contribution in [0.5, 0.6) is 0 Å².